The van der Waals surface area contributed by atoms with Crippen LogP contribution in [0, 0.1) is 13.8 Å². The van der Waals surface area contributed by atoms with Crippen molar-refractivity contribution in [3.05, 3.63) is 36.8 Å². The fraction of sp³-hybridized carbons (Fsp3) is 0.273. The zero-order valence-corrected chi connectivity index (χ0v) is 9.49. The van der Waals surface area contributed by atoms with Crippen LogP contribution in [0.15, 0.2) is 24.3 Å². The molecular weight excluding hydrogens is 187 g/mol. The predicted molar refractivity (Wildman–Crippen MR) is 55.3 cm³/mol. The molecule has 1 N–H and O–H groups in total. The van der Waals surface area contributed by atoms with Crippen LogP contribution in [0.25, 0.3) is 0 Å². The summed E-state index contributed by atoms with van der Waals surface area (Å²) in [6.45, 7) is 6.67. The number of ether oxygens (including phenoxy) is 1. The van der Waals surface area contributed by atoms with Gasteiger partial charge in [-0.2, -0.15) is 6.92 Å². The van der Waals surface area contributed by atoms with Crippen molar-refractivity contribution in [3.63, 3.8) is 0 Å². The number of benzene rings is 1. The molecule has 0 spiro atoms. The number of carbonyl (C=O) groups is 1. The first-order chi connectivity index (χ1) is 6.68. The Bertz CT molecular complexity index is 270. The Kier molecular flexibility index (Phi) is 10.6. The van der Waals surface area contributed by atoms with Crippen molar-refractivity contribution in [1.29, 1.82) is 0 Å². The molecule has 0 aliphatic heterocycles. The minimum atomic E-state index is -0.962. The molecule has 0 amide bonds. The van der Waals surface area contributed by atoms with Crippen LogP contribution in [0.1, 0.15) is 12.5 Å². The van der Waals surface area contributed by atoms with E-state index in [9.17, 15) is 4.79 Å². The van der Waals surface area contributed by atoms with Crippen LogP contribution >= 0.6 is 0 Å². The van der Waals surface area contributed by atoms with Gasteiger partial charge >= 0.3 is 24.8 Å². The van der Waals surface area contributed by atoms with Crippen LogP contribution in [0.5, 0.6) is 5.75 Å². The first-order valence-corrected chi connectivity index (χ1v) is 4.30. The maximum Gasteiger partial charge on any atom is 1.00 e. The number of carboxylic acids is 1. The molecule has 0 saturated heterocycles. The Hall–Kier alpha value is -0.913. The fourth-order valence-corrected chi connectivity index (χ4v) is 0.780. The van der Waals surface area contributed by atoms with Crippen molar-refractivity contribution in [2.45, 2.75) is 13.8 Å². The summed E-state index contributed by atoms with van der Waals surface area (Å²) in [5.74, 6) is -0.376. The van der Waals surface area contributed by atoms with Gasteiger partial charge in [-0.25, -0.2) is 4.79 Å². The average Bonchev–Trinajstić information content (AvgIpc) is 2.20. The van der Waals surface area contributed by atoms with E-state index in [1.807, 2.05) is 19.1 Å². The molecule has 15 heavy (non-hydrogen) atoms. The van der Waals surface area contributed by atoms with Crippen molar-refractivity contribution in [2.75, 3.05) is 6.61 Å². The van der Waals surface area contributed by atoms with Gasteiger partial charge in [0.15, 0.2) is 6.61 Å². The summed E-state index contributed by atoms with van der Waals surface area (Å²) < 4.78 is 4.92. The molecule has 0 aliphatic rings. The third kappa shape index (κ3) is 8.11. The van der Waals surface area contributed by atoms with E-state index in [0.29, 0.717) is 5.75 Å². The van der Waals surface area contributed by atoms with Crippen LogP contribution in [-0.2, 0) is 4.79 Å². The first-order valence-electron chi connectivity index (χ1n) is 4.30. The molecule has 1 aromatic carbocycles. The molecule has 3 nitrogen and oxygen atoms in total. The largest absolute Gasteiger partial charge is 1.00 e. The van der Waals surface area contributed by atoms with Crippen molar-refractivity contribution in [2.24, 2.45) is 0 Å². The average molecular weight is 202 g/mol. The molecular formula is C11H15LiO3. The Morgan fingerprint density at radius 3 is 2.20 bits per heavy atom. The van der Waals surface area contributed by atoms with Gasteiger partial charge in [0.25, 0.3) is 0 Å². The minimum Gasteiger partial charge on any atom is -0.482 e. The Morgan fingerprint density at radius 2 is 1.80 bits per heavy atom. The second-order valence-corrected chi connectivity index (χ2v) is 2.50. The molecule has 0 fully saturated rings. The molecule has 0 atom stereocenters. The van der Waals surface area contributed by atoms with Gasteiger partial charge in [-0.05, 0) is 19.1 Å². The van der Waals surface area contributed by atoms with Crippen molar-refractivity contribution in [1.82, 2.24) is 0 Å². The molecule has 1 rings (SSSR count). The Balaban J connectivity index is 0. The standard InChI is InChI=1S/C9H10O3.C2H5.Li/c1-7-2-4-8(5-3-7)12-6-9(10)11;1-2;/h2-5H,6H2,1H3,(H,10,11);1H2,2H3;/q;-1;+1. The molecule has 0 saturated carbocycles. The topological polar surface area (TPSA) is 46.5 Å². The normalized spacial score (nSPS) is 7.93. The number of aliphatic carboxylic acids is 1. The monoisotopic (exact) mass is 202 g/mol. The summed E-state index contributed by atoms with van der Waals surface area (Å²) in [4.78, 5) is 10.1. The Labute approximate surface area is 103 Å². The van der Waals surface area contributed by atoms with E-state index < -0.39 is 5.97 Å². The summed E-state index contributed by atoms with van der Waals surface area (Å²) in [5.41, 5.74) is 1.12. The number of hydrogen-bond acceptors (Lipinski definition) is 2. The van der Waals surface area contributed by atoms with E-state index in [-0.39, 0.29) is 25.5 Å². The molecule has 0 aromatic heterocycles. The van der Waals surface area contributed by atoms with E-state index in [2.05, 4.69) is 6.92 Å². The van der Waals surface area contributed by atoms with E-state index in [1.165, 1.54) is 0 Å². The van der Waals surface area contributed by atoms with Gasteiger partial charge in [0.2, 0.25) is 0 Å². The zero-order valence-electron chi connectivity index (χ0n) is 9.49. The van der Waals surface area contributed by atoms with E-state index in [0.717, 1.165) is 5.56 Å². The molecule has 78 valence electrons. The van der Waals surface area contributed by atoms with Crippen LogP contribution in [0.3, 0.4) is 0 Å². The van der Waals surface area contributed by atoms with E-state index >= 15 is 0 Å². The van der Waals surface area contributed by atoms with Gasteiger partial charge in [-0.1, -0.05) is 17.7 Å². The van der Waals surface area contributed by atoms with Gasteiger partial charge in [0, 0.05) is 0 Å². The number of hydrogen-bond donors (Lipinski definition) is 1. The summed E-state index contributed by atoms with van der Waals surface area (Å²) in [5, 5.41) is 8.30. The van der Waals surface area contributed by atoms with Gasteiger partial charge in [-0.15, -0.1) is 0 Å². The second kappa shape index (κ2) is 9.64. The number of rotatable bonds is 3. The van der Waals surface area contributed by atoms with Crippen LogP contribution in [0.2, 0.25) is 0 Å². The van der Waals surface area contributed by atoms with Gasteiger partial charge in [0.05, 0.1) is 0 Å². The number of carboxylic acid groups (broad SMARTS) is 1. The third-order valence-electron chi connectivity index (χ3n) is 1.38. The summed E-state index contributed by atoms with van der Waals surface area (Å²) in [6, 6.07) is 7.24. The SMILES string of the molecule is Cc1ccc(OCC(=O)O)cc1.[CH2-]C.[Li+]. The molecule has 0 heterocycles. The van der Waals surface area contributed by atoms with Crippen LogP contribution in [0.4, 0.5) is 0 Å². The third-order valence-corrected chi connectivity index (χ3v) is 1.38. The molecule has 0 aliphatic carbocycles. The van der Waals surface area contributed by atoms with Gasteiger partial charge < -0.3 is 16.8 Å². The summed E-state index contributed by atoms with van der Waals surface area (Å²) in [6.07, 6.45) is 0. The Morgan fingerprint density at radius 1 is 1.33 bits per heavy atom. The summed E-state index contributed by atoms with van der Waals surface area (Å²) in [7, 11) is 0. The van der Waals surface area contributed by atoms with Gasteiger partial charge in [-0.3, -0.25) is 0 Å². The molecule has 0 unspecified atom stereocenters. The maximum absolute atomic E-state index is 10.1. The maximum atomic E-state index is 10.1. The van der Waals surface area contributed by atoms with Crippen molar-refractivity contribution < 1.29 is 33.5 Å². The van der Waals surface area contributed by atoms with Crippen molar-refractivity contribution >= 4 is 5.97 Å². The van der Waals surface area contributed by atoms with Crippen molar-refractivity contribution in [3.8, 4) is 5.75 Å². The second-order valence-electron chi connectivity index (χ2n) is 2.50. The minimum absolute atomic E-state index is 0. The number of aryl methyl sites for hydroxylation is 1. The molecule has 0 radical (unpaired) electrons. The molecule has 0 bridgehead atoms. The molecule has 4 heteroatoms. The zero-order chi connectivity index (χ0) is 11.0. The van der Waals surface area contributed by atoms with Gasteiger partial charge in [0.1, 0.15) is 5.75 Å². The fourth-order valence-electron chi connectivity index (χ4n) is 0.780. The smallest absolute Gasteiger partial charge is 0.482 e. The summed E-state index contributed by atoms with van der Waals surface area (Å²) >= 11 is 0. The first kappa shape index (κ1) is 16.5. The van der Waals surface area contributed by atoms with Crippen LogP contribution < -0.4 is 23.6 Å². The van der Waals surface area contributed by atoms with Crippen LogP contribution in [-0.4, -0.2) is 17.7 Å². The van der Waals surface area contributed by atoms with E-state index in [4.69, 9.17) is 9.84 Å². The quantitative estimate of drug-likeness (QED) is 0.521. The van der Waals surface area contributed by atoms with E-state index in [1.54, 1.807) is 19.1 Å². The molecule has 1 aromatic rings. The predicted octanol–water partition coefficient (Wildman–Crippen LogP) is -0.697.